The monoisotopic (exact) mass is 495 g/mol. The van der Waals surface area contributed by atoms with Crippen molar-refractivity contribution in [3.8, 4) is 12.3 Å². The van der Waals surface area contributed by atoms with Crippen LogP contribution < -0.4 is 4.80 Å². The minimum Gasteiger partial charge on any atom is -0.305 e. The quantitative estimate of drug-likeness (QED) is 0.496. The van der Waals surface area contributed by atoms with Gasteiger partial charge < -0.3 is 4.57 Å². The van der Waals surface area contributed by atoms with Gasteiger partial charge in [-0.3, -0.25) is 4.79 Å². The Labute approximate surface area is 205 Å². The number of hydrogen-bond donors (Lipinski definition) is 0. The number of nitrogens with zero attached hydrogens (tertiary/aromatic N) is 3. The van der Waals surface area contributed by atoms with Crippen LogP contribution >= 0.6 is 11.3 Å². The van der Waals surface area contributed by atoms with Crippen LogP contribution in [0, 0.1) is 25.2 Å². The molecule has 1 aliphatic heterocycles. The van der Waals surface area contributed by atoms with E-state index in [1.54, 1.807) is 24.3 Å². The number of aryl methyl sites for hydroxylation is 1. The first-order valence-electron chi connectivity index (χ1n) is 11.4. The summed E-state index contributed by atoms with van der Waals surface area (Å²) in [5.41, 5.74) is 3.20. The summed E-state index contributed by atoms with van der Waals surface area (Å²) < 4.78 is 30.3. The molecule has 178 valence electrons. The molecule has 0 atom stereocenters. The van der Waals surface area contributed by atoms with Gasteiger partial charge in [0.2, 0.25) is 10.0 Å². The lowest BCUT2D eigenvalue weighted by atomic mass is 9.98. The standard InChI is InChI=1S/C26H29N3O3S2/c1-5-14-29-23-11-8-21(18(2)3)17-24(23)33-26(29)27-25(30)20-12-15-28(16-13-20)34(31,32)22-9-6-19(4)7-10-22/h1,6-11,17-18,20H,12-16H2,2-4H3. The lowest BCUT2D eigenvalue weighted by Gasteiger charge is -2.29. The van der Waals surface area contributed by atoms with E-state index in [1.165, 1.54) is 21.2 Å². The molecule has 3 aromatic rings. The first kappa shape index (κ1) is 24.4. The topological polar surface area (TPSA) is 71.7 Å². The molecule has 1 aromatic heterocycles. The number of amides is 1. The minimum atomic E-state index is -3.56. The lowest BCUT2D eigenvalue weighted by Crippen LogP contribution is -2.40. The highest BCUT2D eigenvalue weighted by Crippen LogP contribution is 2.26. The van der Waals surface area contributed by atoms with Gasteiger partial charge in [0.1, 0.15) is 0 Å². The molecule has 1 saturated heterocycles. The van der Waals surface area contributed by atoms with Crippen LogP contribution in [0.25, 0.3) is 10.2 Å². The predicted molar refractivity (Wildman–Crippen MR) is 136 cm³/mol. The van der Waals surface area contributed by atoms with Gasteiger partial charge >= 0.3 is 0 Å². The van der Waals surface area contributed by atoms with Gasteiger partial charge in [-0.2, -0.15) is 9.30 Å². The van der Waals surface area contributed by atoms with Gasteiger partial charge in [0.05, 0.1) is 21.7 Å². The van der Waals surface area contributed by atoms with Gasteiger partial charge in [0.25, 0.3) is 5.91 Å². The second-order valence-electron chi connectivity index (χ2n) is 9.00. The number of thiazole rings is 1. The van der Waals surface area contributed by atoms with Crippen LogP contribution in [0.1, 0.15) is 43.7 Å². The maximum atomic E-state index is 13.0. The number of sulfonamides is 1. The summed E-state index contributed by atoms with van der Waals surface area (Å²) in [5.74, 6) is 2.54. The SMILES string of the molecule is C#CCn1c(=NC(=O)C2CCN(S(=O)(=O)c3ccc(C)cc3)CC2)sc2cc(C(C)C)ccc21. The first-order valence-corrected chi connectivity index (χ1v) is 13.7. The van der Waals surface area contributed by atoms with E-state index >= 15 is 0 Å². The van der Waals surface area contributed by atoms with Crippen LogP contribution in [-0.2, 0) is 21.4 Å². The molecule has 0 saturated carbocycles. The number of carbonyl (C=O) groups is 1. The average Bonchev–Trinajstić information content (AvgIpc) is 3.15. The number of fused-ring (bicyclic) bond motifs is 1. The normalized spacial score (nSPS) is 16.3. The summed E-state index contributed by atoms with van der Waals surface area (Å²) in [4.78, 5) is 18.4. The molecule has 4 rings (SSSR count). The smallest absolute Gasteiger partial charge is 0.251 e. The molecule has 2 aromatic carbocycles. The molecule has 0 N–H and O–H groups in total. The second kappa shape index (κ2) is 9.87. The number of carbonyl (C=O) groups excluding carboxylic acids is 1. The summed E-state index contributed by atoms with van der Waals surface area (Å²) in [6.45, 7) is 7.15. The summed E-state index contributed by atoms with van der Waals surface area (Å²) >= 11 is 1.46. The first-order chi connectivity index (χ1) is 16.2. The molecule has 0 radical (unpaired) electrons. The number of benzene rings is 2. The summed E-state index contributed by atoms with van der Waals surface area (Å²) in [6.07, 6.45) is 6.49. The maximum Gasteiger partial charge on any atom is 0.251 e. The van der Waals surface area contributed by atoms with E-state index in [1.807, 2.05) is 17.6 Å². The molecule has 34 heavy (non-hydrogen) atoms. The van der Waals surface area contributed by atoms with E-state index < -0.39 is 10.0 Å². The van der Waals surface area contributed by atoms with Crippen molar-refractivity contribution < 1.29 is 13.2 Å². The third-order valence-electron chi connectivity index (χ3n) is 6.29. The van der Waals surface area contributed by atoms with Gasteiger partial charge in [-0.25, -0.2) is 8.42 Å². The van der Waals surface area contributed by atoms with E-state index in [-0.39, 0.29) is 16.7 Å². The molecule has 1 amide bonds. The van der Waals surface area contributed by atoms with Crippen molar-refractivity contribution in [3.63, 3.8) is 0 Å². The van der Waals surface area contributed by atoms with Crippen molar-refractivity contribution in [1.29, 1.82) is 0 Å². The van der Waals surface area contributed by atoms with Crippen LogP contribution in [0.5, 0.6) is 0 Å². The van der Waals surface area contributed by atoms with Crippen molar-refractivity contribution >= 4 is 37.5 Å². The number of terminal acetylenes is 1. The van der Waals surface area contributed by atoms with E-state index in [9.17, 15) is 13.2 Å². The Bertz CT molecular complexity index is 1420. The van der Waals surface area contributed by atoms with E-state index in [0.29, 0.717) is 43.2 Å². The number of aromatic nitrogens is 1. The highest BCUT2D eigenvalue weighted by Gasteiger charge is 2.32. The van der Waals surface area contributed by atoms with Crippen molar-refractivity contribution in [3.05, 3.63) is 58.4 Å². The molecular weight excluding hydrogens is 466 g/mol. The lowest BCUT2D eigenvalue weighted by molar-refractivity contribution is -0.122. The van der Waals surface area contributed by atoms with Gasteiger partial charge in [0, 0.05) is 19.0 Å². The zero-order valence-electron chi connectivity index (χ0n) is 19.7. The van der Waals surface area contributed by atoms with Gasteiger partial charge in [-0.05, 0) is 55.5 Å². The minimum absolute atomic E-state index is 0.214. The molecule has 8 heteroatoms. The number of piperidine rings is 1. The molecule has 2 heterocycles. The summed E-state index contributed by atoms with van der Waals surface area (Å²) in [5, 5.41) is 0. The fourth-order valence-electron chi connectivity index (χ4n) is 4.17. The fraction of sp³-hybridized carbons (Fsp3) is 0.385. The fourth-order valence-corrected chi connectivity index (χ4v) is 6.72. The Balaban J connectivity index is 1.54. The van der Waals surface area contributed by atoms with Crippen molar-refractivity contribution in [2.75, 3.05) is 13.1 Å². The molecule has 0 unspecified atom stereocenters. The number of rotatable bonds is 5. The van der Waals surface area contributed by atoms with Crippen LogP contribution in [-0.4, -0.2) is 36.3 Å². The van der Waals surface area contributed by atoms with Crippen molar-refractivity contribution in [2.24, 2.45) is 10.9 Å². The Hall–Kier alpha value is -2.73. The Kier molecular flexibility index (Phi) is 7.08. The van der Waals surface area contributed by atoms with Gasteiger partial charge in [-0.1, -0.05) is 54.9 Å². The van der Waals surface area contributed by atoms with Gasteiger partial charge in [0.15, 0.2) is 4.80 Å². The Morgan fingerprint density at radius 2 is 1.85 bits per heavy atom. The molecule has 1 aliphatic rings. The van der Waals surface area contributed by atoms with E-state index in [2.05, 4.69) is 36.9 Å². The van der Waals surface area contributed by atoms with E-state index in [4.69, 9.17) is 6.42 Å². The number of hydrogen-bond acceptors (Lipinski definition) is 4. The molecule has 0 aliphatic carbocycles. The molecule has 0 spiro atoms. The largest absolute Gasteiger partial charge is 0.305 e. The Morgan fingerprint density at radius 1 is 1.18 bits per heavy atom. The average molecular weight is 496 g/mol. The highest BCUT2D eigenvalue weighted by molar-refractivity contribution is 7.89. The zero-order chi connectivity index (χ0) is 24.5. The van der Waals surface area contributed by atoms with Gasteiger partial charge in [-0.15, -0.1) is 6.42 Å². The summed E-state index contributed by atoms with van der Waals surface area (Å²) in [7, 11) is -3.56. The highest BCUT2D eigenvalue weighted by atomic mass is 32.2. The van der Waals surface area contributed by atoms with Crippen molar-refractivity contribution in [2.45, 2.75) is 51.0 Å². The third-order valence-corrected chi connectivity index (χ3v) is 9.24. The zero-order valence-corrected chi connectivity index (χ0v) is 21.3. The second-order valence-corrected chi connectivity index (χ2v) is 11.9. The van der Waals surface area contributed by atoms with Crippen LogP contribution in [0.2, 0.25) is 0 Å². The predicted octanol–water partition coefficient (Wildman–Crippen LogP) is 4.30. The molecule has 0 bridgehead atoms. The molecular formula is C26H29N3O3S2. The third kappa shape index (κ3) is 4.88. The van der Waals surface area contributed by atoms with Crippen LogP contribution in [0.4, 0.5) is 0 Å². The summed E-state index contributed by atoms with van der Waals surface area (Å²) in [6, 6.07) is 13.1. The Morgan fingerprint density at radius 3 is 2.47 bits per heavy atom. The van der Waals surface area contributed by atoms with Crippen LogP contribution in [0.3, 0.4) is 0 Å². The van der Waals surface area contributed by atoms with Crippen LogP contribution in [0.15, 0.2) is 52.4 Å². The van der Waals surface area contributed by atoms with E-state index in [0.717, 1.165) is 15.8 Å². The molecule has 6 nitrogen and oxygen atoms in total. The molecule has 1 fully saturated rings. The maximum absolute atomic E-state index is 13.0. The van der Waals surface area contributed by atoms with Crippen molar-refractivity contribution in [1.82, 2.24) is 8.87 Å².